The van der Waals surface area contributed by atoms with Gasteiger partial charge in [-0.15, -0.1) is 0 Å². The second-order valence-electron chi connectivity index (χ2n) is 10.4. The van der Waals surface area contributed by atoms with E-state index in [1.54, 1.807) is 50.2 Å². The summed E-state index contributed by atoms with van der Waals surface area (Å²) in [6.07, 6.45) is -3.61. The van der Waals surface area contributed by atoms with Crippen LogP contribution in [0.25, 0.3) is 0 Å². The number of hydrogen-bond donors (Lipinski definition) is 1. The Morgan fingerprint density at radius 3 is 1.86 bits per heavy atom. The van der Waals surface area contributed by atoms with Gasteiger partial charge in [0.05, 0.1) is 7.11 Å². The first-order chi connectivity index (χ1) is 20.4. The van der Waals surface area contributed by atoms with E-state index in [0.717, 1.165) is 0 Å². The van der Waals surface area contributed by atoms with Gasteiger partial charge in [0.15, 0.2) is 11.5 Å². The fraction of sp³-hybridized carbons (Fsp3) is 0.484. The van der Waals surface area contributed by atoms with Crippen LogP contribution in [0.2, 0.25) is 0 Å². The lowest BCUT2D eigenvalue weighted by Gasteiger charge is -2.19. The van der Waals surface area contributed by atoms with Gasteiger partial charge in [-0.2, -0.15) is 0 Å². The summed E-state index contributed by atoms with van der Waals surface area (Å²) in [5.41, 5.74) is 0.531. The summed E-state index contributed by atoms with van der Waals surface area (Å²) in [6.45, 7) is 11.0. The van der Waals surface area contributed by atoms with E-state index in [1.165, 1.54) is 19.2 Å². The second kappa shape index (κ2) is 17.6. The first-order valence-corrected chi connectivity index (χ1v) is 14.0. The van der Waals surface area contributed by atoms with Crippen LogP contribution < -0.4 is 19.5 Å². The highest BCUT2D eigenvalue weighted by Gasteiger charge is 2.24. The van der Waals surface area contributed by atoms with E-state index in [1.807, 2.05) is 27.7 Å². The van der Waals surface area contributed by atoms with Crippen LogP contribution in [-0.4, -0.2) is 62.9 Å². The predicted octanol–water partition coefficient (Wildman–Crippen LogP) is 5.70. The van der Waals surface area contributed by atoms with E-state index < -0.39 is 42.7 Å². The van der Waals surface area contributed by atoms with Crippen molar-refractivity contribution in [2.75, 3.05) is 20.3 Å². The smallest absolute Gasteiger partial charge is 0.468 e. The lowest BCUT2D eigenvalue weighted by atomic mass is 10.1. The molecule has 0 radical (unpaired) electrons. The number of ether oxygens (including phenoxy) is 7. The number of hydrogen-bond acceptors (Lipinski definition) is 12. The third kappa shape index (κ3) is 12.6. The standard InChI is InChI=1S/C31H41NO11/c1-19(2)21(5)39-30(35)42-26-14-13-23(18-27(26)43-31(36)40-22(6)20(3)4)17-25(28(33)37-7)32-15-16-38-29(34)41-24-11-9-8-10-12-24/h8-14,18-22,25,32H,15-17H2,1-7H3/t21?,22?,25-/m0/s1. The molecule has 43 heavy (non-hydrogen) atoms. The molecule has 12 nitrogen and oxygen atoms in total. The van der Waals surface area contributed by atoms with Crippen LogP contribution in [0.5, 0.6) is 17.2 Å². The van der Waals surface area contributed by atoms with Crippen LogP contribution >= 0.6 is 0 Å². The molecule has 1 N–H and O–H groups in total. The number of esters is 1. The summed E-state index contributed by atoms with van der Waals surface area (Å²) >= 11 is 0. The zero-order chi connectivity index (χ0) is 31.9. The zero-order valence-corrected chi connectivity index (χ0v) is 25.6. The molecule has 0 aliphatic rings. The molecule has 3 atom stereocenters. The van der Waals surface area contributed by atoms with Crippen LogP contribution in [0, 0.1) is 11.8 Å². The molecule has 0 bridgehead atoms. The lowest BCUT2D eigenvalue weighted by molar-refractivity contribution is -0.143. The maximum absolute atomic E-state index is 12.5. The Hall–Kier alpha value is -4.32. The molecule has 0 spiro atoms. The van der Waals surface area contributed by atoms with Gasteiger partial charge >= 0.3 is 24.4 Å². The summed E-state index contributed by atoms with van der Waals surface area (Å²) < 4.78 is 36.3. The van der Waals surface area contributed by atoms with Gasteiger partial charge in [-0.25, -0.2) is 14.4 Å². The van der Waals surface area contributed by atoms with Crippen molar-refractivity contribution in [2.24, 2.45) is 11.8 Å². The van der Waals surface area contributed by atoms with Gasteiger partial charge in [0.2, 0.25) is 0 Å². The molecule has 2 aromatic carbocycles. The van der Waals surface area contributed by atoms with Gasteiger partial charge in [-0.3, -0.25) is 4.79 Å². The van der Waals surface area contributed by atoms with Crippen LogP contribution in [0.4, 0.5) is 14.4 Å². The molecular formula is C31H41NO11. The molecule has 0 saturated carbocycles. The number of carbonyl (C=O) groups excluding carboxylic acids is 4. The number of para-hydroxylation sites is 1. The van der Waals surface area contributed by atoms with Crippen molar-refractivity contribution in [1.82, 2.24) is 5.32 Å². The molecule has 0 heterocycles. The molecule has 0 aromatic heterocycles. The van der Waals surface area contributed by atoms with Crippen molar-refractivity contribution in [2.45, 2.75) is 66.2 Å². The van der Waals surface area contributed by atoms with Gasteiger partial charge < -0.3 is 38.5 Å². The second-order valence-corrected chi connectivity index (χ2v) is 10.4. The third-order valence-electron chi connectivity index (χ3n) is 6.42. The van der Waals surface area contributed by atoms with Crippen LogP contribution in [0.15, 0.2) is 48.5 Å². The first kappa shape index (κ1) is 34.9. The fourth-order valence-electron chi connectivity index (χ4n) is 3.25. The van der Waals surface area contributed by atoms with Gasteiger partial charge in [-0.05, 0) is 61.9 Å². The Kier molecular flexibility index (Phi) is 14.3. The molecule has 2 rings (SSSR count). The maximum atomic E-state index is 12.5. The Balaban J connectivity index is 2.12. The highest BCUT2D eigenvalue weighted by molar-refractivity contribution is 5.76. The van der Waals surface area contributed by atoms with Crippen molar-refractivity contribution in [3.8, 4) is 17.2 Å². The highest BCUT2D eigenvalue weighted by atomic mass is 16.8. The first-order valence-electron chi connectivity index (χ1n) is 14.0. The summed E-state index contributed by atoms with van der Waals surface area (Å²) in [7, 11) is 1.24. The number of carbonyl (C=O) groups is 4. The van der Waals surface area contributed by atoms with Crippen molar-refractivity contribution in [3.63, 3.8) is 0 Å². The van der Waals surface area contributed by atoms with Crippen LogP contribution in [0.3, 0.4) is 0 Å². The Morgan fingerprint density at radius 2 is 1.30 bits per heavy atom. The van der Waals surface area contributed by atoms with E-state index in [4.69, 9.17) is 33.2 Å². The molecule has 0 aliphatic heterocycles. The number of nitrogens with one attached hydrogen (secondary N) is 1. The predicted molar refractivity (Wildman–Crippen MR) is 155 cm³/mol. The molecule has 2 aromatic rings. The lowest BCUT2D eigenvalue weighted by Crippen LogP contribution is -2.41. The normalized spacial score (nSPS) is 13.0. The summed E-state index contributed by atoms with van der Waals surface area (Å²) in [6, 6.07) is 12.0. The van der Waals surface area contributed by atoms with E-state index in [2.05, 4.69) is 5.32 Å². The van der Waals surface area contributed by atoms with Gasteiger partial charge in [0.1, 0.15) is 30.6 Å². The number of rotatable bonds is 14. The van der Waals surface area contributed by atoms with E-state index >= 15 is 0 Å². The molecule has 0 amide bonds. The van der Waals surface area contributed by atoms with Gasteiger partial charge in [0, 0.05) is 6.54 Å². The van der Waals surface area contributed by atoms with Crippen molar-refractivity contribution in [3.05, 3.63) is 54.1 Å². The van der Waals surface area contributed by atoms with Crippen LogP contribution in [0.1, 0.15) is 47.1 Å². The van der Waals surface area contributed by atoms with E-state index in [-0.39, 0.29) is 42.9 Å². The topological polar surface area (TPSA) is 145 Å². The van der Waals surface area contributed by atoms with Crippen molar-refractivity contribution >= 4 is 24.4 Å². The summed E-state index contributed by atoms with van der Waals surface area (Å²) in [5.74, 6) is -0.330. The third-order valence-corrected chi connectivity index (χ3v) is 6.42. The van der Waals surface area contributed by atoms with Gasteiger partial charge in [0.25, 0.3) is 0 Å². The molecule has 12 heteroatoms. The largest absolute Gasteiger partial charge is 0.514 e. The van der Waals surface area contributed by atoms with E-state index in [0.29, 0.717) is 11.3 Å². The average molecular weight is 604 g/mol. The molecule has 0 aliphatic carbocycles. The number of benzene rings is 2. The van der Waals surface area contributed by atoms with E-state index in [9.17, 15) is 19.2 Å². The average Bonchev–Trinajstić information content (AvgIpc) is 2.95. The Labute approximate surface area is 251 Å². The zero-order valence-electron chi connectivity index (χ0n) is 25.6. The maximum Gasteiger partial charge on any atom is 0.514 e. The fourth-order valence-corrected chi connectivity index (χ4v) is 3.25. The van der Waals surface area contributed by atoms with Crippen LogP contribution in [-0.2, 0) is 30.2 Å². The molecular weight excluding hydrogens is 562 g/mol. The molecule has 2 unspecified atom stereocenters. The monoisotopic (exact) mass is 603 g/mol. The molecule has 236 valence electrons. The summed E-state index contributed by atoms with van der Waals surface area (Å²) in [4.78, 5) is 49.3. The minimum Gasteiger partial charge on any atom is -0.468 e. The SMILES string of the molecule is COC(=O)[C@H](Cc1ccc(OC(=O)OC(C)C(C)C)c(OC(=O)OC(C)C(C)C)c1)NCCOC(=O)Oc1ccccc1. The molecule has 0 fully saturated rings. The Bertz CT molecular complexity index is 1200. The Morgan fingerprint density at radius 1 is 0.721 bits per heavy atom. The van der Waals surface area contributed by atoms with Crippen molar-refractivity contribution < 1.29 is 52.3 Å². The summed E-state index contributed by atoms with van der Waals surface area (Å²) in [5, 5.41) is 2.97. The highest BCUT2D eigenvalue weighted by Crippen LogP contribution is 2.30. The minimum absolute atomic E-state index is 0.0400. The number of methoxy groups -OCH3 is 1. The molecule has 0 saturated heterocycles. The minimum atomic E-state index is -0.991. The van der Waals surface area contributed by atoms with Crippen molar-refractivity contribution in [1.29, 1.82) is 0 Å². The van der Waals surface area contributed by atoms with Gasteiger partial charge in [-0.1, -0.05) is 52.0 Å². The quantitative estimate of drug-likeness (QED) is 0.122.